The van der Waals surface area contributed by atoms with Crippen molar-refractivity contribution in [1.82, 2.24) is 5.32 Å². The Bertz CT molecular complexity index is 1010. The molecular formula is C53H103NO9. The molecule has 0 spiro atoms. The number of rotatable bonds is 46. The van der Waals surface area contributed by atoms with Crippen molar-refractivity contribution in [3.63, 3.8) is 0 Å². The molecule has 1 rings (SSSR count). The molecule has 0 aromatic rings. The summed E-state index contributed by atoms with van der Waals surface area (Å²) >= 11 is 0. The van der Waals surface area contributed by atoms with Crippen molar-refractivity contribution in [1.29, 1.82) is 0 Å². The van der Waals surface area contributed by atoms with E-state index in [0.29, 0.717) is 12.8 Å². The molecule has 63 heavy (non-hydrogen) atoms. The smallest absolute Gasteiger partial charge is 0.220 e. The third-order valence-electron chi connectivity index (χ3n) is 13.2. The molecule has 10 heteroatoms. The molecule has 1 aliphatic heterocycles. The van der Waals surface area contributed by atoms with E-state index in [1.54, 1.807) is 0 Å². The lowest BCUT2D eigenvalue weighted by Gasteiger charge is -2.39. The Morgan fingerprint density at radius 2 is 0.921 bits per heavy atom. The first kappa shape index (κ1) is 59.9. The second-order valence-electron chi connectivity index (χ2n) is 19.1. The monoisotopic (exact) mass is 898 g/mol. The fraction of sp³-hybridized carbons (Fsp3) is 0.943. The molecule has 0 radical (unpaired) electrons. The Labute approximate surface area is 387 Å². The first-order chi connectivity index (χ1) is 30.8. The van der Waals surface area contributed by atoms with Crippen molar-refractivity contribution in [2.24, 2.45) is 0 Å². The van der Waals surface area contributed by atoms with Crippen LogP contribution in [0.25, 0.3) is 0 Å². The topological polar surface area (TPSA) is 169 Å². The fourth-order valence-corrected chi connectivity index (χ4v) is 8.86. The zero-order valence-electron chi connectivity index (χ0n) is 41.0. The van der Waals surface area contributed by atoms with Crippen LogP contribution < -0.4 is 5.32 Å². The number of hydrogen-bond donors (Lipinski definition) is 7. The fourth-order valence-electron chi connectivity index (χ4n) is 8.86. The van der Waals surface area contributed by atoms with Crippen molar-refractivity contribution < 1.29 is 44.9 Å². The van der Waals surface area contributed by atoms with E-state index in [4.69, 9.17) is 9.47 Å². The Morgan fingerprint density at radius 1 is 0.540 bits per heavy atom. The summed E-state index contributed by atoms with van der Waals surface area (Å²) in [5.41, 5.74) is 0. The standard InChI is InChI=1S/C53H103NO9/c1-3-5-7-9-11-12-13-21-24-27-30-34-38-46(56)50(58)45(40-41-47-51(59)53(61)52(60)48(44-55)63-47)54-49(57)39-35-31-28-25-22-19-17-15-14-16-18-20-23-26-29-33-37-43-62-42-36-32-10-8-6-4-2/h40-41,45-48,50-53,55-56,58-61H,3-39,42-44H2,1-2H3,(H,54,57)/t45-,46+,47+,48?,50-,51?,52-,53+/m0/s1. The van der Waals surface area contributed by atoms with Crippen LogP contribution in [0.5, 0.6) is 0 Å². The molecule has 0 saturated carbocycles. The van der Waals surface area contributed by atoms with Crippen LogP contribution in [0.4, 0.5) is 0 Å². The van der Waals surface area contributed by atoms with Gasteiger partial charge in [-0.1, -0.05) is 231 Å². The van der Waals surface area contributed by atoms with E-state index in [-0.39, 0.29) is 5.91 Å². The van der Waals surface area contributed by atoms with Crippen molar-refractivity contribution in [2.45, 2.75) is 300 Å². The Morgan fingerprint density at radius 3 is 1.33 bits per heavy atom. The average Bonchev–Trinajstić information content (AvgIpc) is 3.28. The molecule has 7 N–H and O–H groups in total. The van der Waals surface area contributed by atoms with E-state index in [9.17, 15) is 35.4 Å². The summed E-state index contributed by atoms with van der Waals surface area (Å²) in [4.78, 5) is 13.1. The van der Waals surface area contributed by atoms with Gasteiger partial charge < -0.3 is 45.4 Å². The zero-order chi connectivity index (χ0) is 46.0. The van der Waals surface area contributed by atoms with Crippen LogP contribution in [0.15, 0.2) is 12.2 Å². The highest BCUT2D eigenvalue weighted by Crippen LogP contribution is 2.23. The molecule has 0 aliphatic carbocycles. The SMILES string of the molecule is CCCCCCCCCCCCCC[C@@H](O)[C@@H](O)[C@H](C=C[C@H]1OC(CO)[C@H](O)[C@H](O)C1O)NC(=O)CCCCCCCCCCCCCCCCCCCOCCCCCCCC. The van der Waals surface area contributed by atoms with Gasteiger partial charge in [0.1, 0.15) is 36.6 Å². The first-order valence-electron chi connectivity index (χ1n) is 27.0. The second-order valence-corrected chi connectivity index (χ2v) is 19.1. The number of amides is 1. The highest BCUT2D eigenvalue weighted by Gasteiger charge is 2.42. The molecule has 374 valence electrons. The maximum absolute atomic E-state index is 13.1. The number of ether oxygens (including phenoxy) is 2. The maximum atomic E-state index is 13.1. The minimum Gasteiger partial charge on any atom is -0.394 e. The third kappa shape index (κ3) is 33.1. The molecule has 1 aliphatic rings. The van der Waals surface area contributed by atoms with Crippen molar-refractivity contribution in [3.05, 3.63) is 12.2 Å². The number of unbranched alkanes of at least 4 members (excludes halogenated alkanes) is 32. The van der Waals surface area contributed by atoms with Gasteiger partial charge in [0.25, 0.3) is 0 Å². The van der Waals surface area contributed by atoms with Gasteiger partial charge in [0.2, 0.25) is 5.91 Å². The summed E-state index contributed by atoms with van der Waals surface area (Å²) in [5, 5.41) is 65.6. The Hall–Kier alpha value is -1.11. The largest absolute Gasteiger partial charge is 0.394 e. The second kappa shape index (κ2) is 43.5. The van der Waals surface area contributed by atoms with Crippen LogP contribution in [-0.2, 0) is 14.3 Å². The summed E-state index contributed by atoms with van der Waals surface area (Å²) in [6.07, 6.45) is 38.1. The number of carbonyl (C=O) groups excluding carboxylic acids is 1. The predicted octanol–water partition coefficient (Wildman–Crippen LogP) is 11.1. The number of aliphatic hydroxyl groups is 6. The lowest BCUT2D eigenvalue weighted by atomic mass is 9.93. The van der Waals surface area contributed by atoms with Crippen LogP contribution in [0.2, 0.25) is 0 Å². The van der Waals surface area contributed by atoms with Crippen LogP contribution in [0.1, 0.15) is 251 Å². The molecule has 1 heterocycles. The van der Waals surface area contributed by atoms with Crippen molar-refractivity contribution >= 4 is 5.91 Å². The lowest BCUT2D eigenvalue weighted by Crippen LogP contribution is -2.58. The van der Waals surface area contributed by atoms with Gasteiger partial charge in [-0.25, -0.2) is 0 Å². The normalized spacial score (nSPS) is 20.7. The molecule has 8 atom stereocenters. The summed E-state index contributed by atoms with van der Waals surface area (Å²) < 4.78 is 11.4. The van der Waals surface area contributed by atoms with E-state index in [1.807, 2.05) is 0 Å². The summed E-state index contributed by atoms with van der Waals surface area (Å²) in [6, 6.07) is -0.947. The maximum Gasteiger partial charge on any atom is 0.220 e. The first-order valence-corrected chi connectivity index (χ1v) is 27.0. The van der Waals surface area contributed by atoms with Crippen molar-refractivity contribution in [3.8, 4) is 0 Å². The number of aliphatic hydroxyl groups excluding tert-OH is 6. The summed E-state index contributed by atoms with van der Waals surface area (Å²) in [6.45, 7) is 5.84. The molecule has 1 fully saturated rings. The zero-order valence-corrected chi connectivity index (χ0v) is 41.0. The molecular weight excluding hydrogens is 795 g/mol. The van der Waals surface area contributed by atoms with E-state index in [0.717, 1.165) is 51.7 Å². The predicted molar refractivity (Wildman–Crippen MR) is 260 cm³/mol. The van der Waals surface area contributed by atoms with Gasteiger partial charge in [-0.3, -0.25) is 4.79 Å². The van der Waals surface area contributed by atoms with Gasteiger partial charge in [0.05, 0.1) is 18.8 Å². The van der Waals surface area contributed by atoms with E-state index in [1.165, 1.54) is 198 Å². The quantitative estimate of drug-likeness (QED) is 0.0232. The van der Waals surface area contributed by atoms with Crippen LogP contribution in [0.3, 0.4) is 0 Å². The highest BCUT2D eigenvalue weighted by molar-refractivity contribution is 5.76. The van der Waals surface area contributed by atoms with Gasteiger partial charge in [-0.2, -0.15) is 0 Å². The minimum atomic E-state index is -1.53. The average molecular weight is 898 g/mol. The van der Waals surface area contributed by atoms with E-state index < -0.39 is 55.4 Å². The Balaban J connectivity index is 2.23. The van der Waals surface area contributed by atoms with E-state index >= 15 is 0 Å². The van der Waals surface area contributed by atoms with Gasteiger partial charge in [-0.05, 0) is 25.7 Å². The molecule has 0 bridgehead atoms. The van der Waals surface area contributed by atoms with E-state index in [2.05, 4.69) is 19.2 Å². The van der Waals surface area contributed by atoms with Gasteiger partial charge in [0, 0.05) is 19.6 Å². The van der Waals surface area contributed by atoms with Crippen LogP contribution >= 0.6 is 0 Å². The molecule has 2 unspecified atom stereocenters. The van der Waals surface area contributed by atoms with Crippen molar-refractivity contribution in [2.75, 3.05) is 19.8 Å². The molecule has 1 amide bonds. The van der Waals surface area contributed by atoms with Gasteiger partial charge in [0.15, 0.2) is 0 Å². The molecule has 0 aromatic carbocycles. The lowest BCUT2D eigenvalue weighted by molar-refractivity contribution is -0.216. The molecule has 0 aromatic heterocycles. The number of carbonyl (C=O) groups is 1. The number of nitrogens with one attached hydrogen (secondary N) is 1. The van der Waals surface area contributed by atoms with Gasteiger partial charge in [-0.15, -0.1) is 0 Å². The van der Waals surface area contributed by atoms with Crippen LogP contribution in [0, 0.1) is 0 Å². The number of hydrogen-bond acceptors (Lipinski definition) is 9. The Kier molecular flexibility index (Phi) is 41.3. The molecule has 1 saturated heterocycles. The summed E-state index contributed by atoms with van der Waals surface area (Å²) in [5.74, 6) is -0.227. The van der Waals surface area contributed by atoms with Crippen LogP contribution in [-0.4, -0.2) is 105 Å². The summed E-state index contributed by atoms with van der Waals surface area (Å²) in [7, 11) is 0. The highest BCUT2D eigenvalue weighted by atomic mass is 16.5. The van der Waals surface area contributed by atoms with Gasteiger partial charge >= 0.3 is 0 Å². The molecule has 10 nitrogen and oxygen atoms in total. The minimum absolute atomic E-state index is 0.227. The third-order valence-corrected chi connectivity index (χ3v) is 13.2.